The molecule has 126 valence electrons. The first-order chi connectivity index (χ1) is 10.4. The highest BCUT2D eigenvalue weighted by Crippen LogP contribution is 2.25. The molecule has 6 heteroatoms. The Morgan fingerprint density at radius 3 is 2.70 bits per heavy atom. The Hall–Kier alpha value is -1.12. The van der Waals surface area contributed by atoms with Crippen molar-refractivity contribution in [2.45, 2.75) is 32.3 Å². The van der Waals surface area contributed by atoms with Crippen LogP contribution in [0.25, 0.3) is 0 Å². The zero-order valence-electron chi connectivity index (χ0n) is 13.6. The van der Waals surface area contributed by atoms with Gasteiger partial charge in [-0.15, -0.1) is 35.3 Å². The van der Waals surface area contributed by atoms with Gasteiger partial charge in [0.2, 0.25) is 0 Å². The zero-order chi connectivity index (χ0) is 16.2. The number of nitrogens with zero attached hydrogens (tertiary/aromatic N) is 1. The van der Waals surface area contributed by atoms with Gasteiger partial charge in [0.25, 0.3) is 0 Å². The van der Waals surface area contributed by atoms with Crippen molar-refractivity contribution in [3.05, 3.63) is 52.2 Å². The largest absolute Gasteiger partial charge is 0.383 e. The number of thiophene rings is 1. The minimum atomic E-state index is -1.000. The van der Waals surface area contributed by atoms with Crippen LogP contribution in [0, 0.1) is 0 Å². The second-order valence-electron chi connectivity index (χ2n) is 5.86. The van der Waals surface area contributed by atoms with Crippen LogP contribution in [0.1, 0.15) is 37.1 Å². The standard InChI is InChI=1S/C17H23N3OS.HI/c1-12(2)13-6-4-7-14(10-13)20-16(18)19-11-17(3,21)15-8-5-9-22-15;/h4-10,12,21H,11H2,1-3H3,(H3,18,19,20);1H. The zero-order valence-corrected chi connectivity index (χ0v) is 16.8. The van der Waals surface area contributed by atoms with Gasteiger partial charge in [0.15, 0.2) is 5.96 Å². The summed E-state index contributed by atoms with van der Waals surface area (Å²) in [6, 6.07) is 11.9. The number of nitrogens with two attached hydrogens (primary N) is 1. The Bertz CT molecular complexity index is 639. The van der Waals surface area contributed by atoms with E-state index in [2.05, 4.69) is 36.3 Å². The second-order valence-corrected chi connectivity index (χ2v) is 6.81. The number of aliphatic imine (C=N–C) groups is 1. The molecule has 0 amide bonds. The van der Waals surface area contributed by atoms with Crippen molar-refractivity contribution in [2.75, 3.05) is 11.9 Å². The number of aliphatic hydroxyl groups is 1. The first-order valence-corrected chi connectivity index (χ1v) is 8.20. The molecule has 0 saturated carbocycles. The first kappa shape index (κ1) is 19.9. The van der Waals surface area contributed by atoms with Crippen LogP contribution in [-0.4, -0.2) is 17.6 Å². The van der Waals surface area contributed by atoms with Crippen molar-refractivity contribution in [3.63, 3.8) is 0 Å². The number of nitrogens with one attached hydrogen (secondary N) is 1. The molecule has 1 unspecified atom stereocenters. The van der Waals surface area contributed by atoms with Crippen molar-refractivity contribution in [1.29, 1.82) is 0 Å². The monoisotopic (exact) mass is 445 g/mol. The Morgan fingerprint density at radius 1 is 1.35 bits per heavy atom. The molecule has 1 heterocycles. The molecule has 23 heavy (non-hydrogen) atoms. The number of anilines is 1. The summed E-state index contributed by atoms with van der Waals surface area (Å²) < 4.78 is 0. The van der Waals surface area contributed by atoms with Crippen LogP contribution >= 0.6 is 35.3 Å². The fraction of sp³-hybridized carbons (Fsp3) is 0.353. The van der Waals surface area contributed by atoms with Crippen LogP contribution in [0.15, 0.2) is 46.8 Å². The van der Waals surface area contributed by atoms with Crippen LogP contribution in [0.5, 0.6) is 0 Å². The molecule has 2 aromatic rings. The maximum absolute atomic E-state index is 10.4. The van der Waals surface area contributed by atoms with Crippen LogP contribution in [0.3, 0.4) is 0 Å². The molecule has 0 spiro atoms. The average molecular weight is 445 g/mol. The highest BCUT2D eigenvalue weighted by atomic mass is 127. The minimum Gasteiger partial charge on any atom is -0.383 e. The molecule has 2 rings (SSSR count). The topological polar surface area (TPSA) is 70.6 Å². The molecular weight excluding hydrogens is 421 g/mol. The van der Waals surface area contributed by atoms with Crippen LogP contribution < -0.4 is 11.1 Å². The highest BCUT2D eigenvalue weighted by molar-refractivity contribution is 14.0. The number of guanidine groups is 1. The number of benzene rings is 1. The van der Waals surface area contributed by atoms with Gasteiger partial charge < -0.3 is 16.2 Å². The molecule has 0 radical (unpaired) electrons. The molecule has 1 aromatic carbocycles. The Labute approximate surface area is 158 Å². The van der Waals surface area contributed by atoms with E-state index < -0.39 is 5.60 Å². The van der Waals surface area contributed by atoms with E-state index in [9.17, 15) is 5.11 Å². The molecule has 1 aromatic heterocycles. The quantitative estimate of drug-likeness (QED) is 0.368. The van der Waals surface area contributed by atoms with Gasteiger partial charge in [-0.1, -0.05) is 32.0 Å². The second kappa shape index (κ2) is 8.65. The lowest BCUT2D eigenvalue weighted by Crippen LogP contribution is -2.29. The third-order valence-corrected chi connectivity index (χ3v) is 4.56. The SMILES string of the molecule is CC(C)c1cccc(NC(N)=NCC(C)(O)c2cccs2)c1.I. The third-order valence-electron chi connectivity index (χ3n) is 3.43. The minimum absolute atomic E-state index is 0. The molecule has 0 aliphatic rings. The summed E-state index contributed by atoms with van der Waals surface area (Å²) in [5, 5.41) is 15.4. The number of halogens is 1. The van der Waals surface area contributed by atoms with Gasteiger partial charge >= 0.3 is 0 Å². The van der Waals surface area contributed by atoms with Crippen LogP contribution in [0.2, 0.25) is 0 Å². The molecule has 0 saturated heterocycles. The number of rotatable bonds is 5. The smallest absolute Gasteiger partial charge is 0.193 e. The van der Waals surface area contributed by atoms with E-state index in [1.807, 2.05) is 29.6 Å². The van der Waals surface area contributed by atoms with Gasteiger partial charge in [0, 0.05) is 10.6 Å². The maximum Gasteiger partial charge on any atom is 0.193 e. The van der Waals surface area contributed by atoms with E-state index in [4.69, 9.17) is 5.73 Å². The Balaban J connectivity index is 0.00000264. The highest BCUT2D eigenvalue weighted by Gasteiger charge is 2.23. The molecule has 0 aliphatic heterocycles. The number of hydrogen-bond acceptors (Lipinski definition) is 3. The van der Waals surface area contributed by atoms with Gasteiger partial charge in [0.1, 0.15) is 5.60 Å². The fourth-order valence-corrected chi connectivity index (χ4v) is 2.84. The summed E-state index contributed by atoms with van der Waals surface area (Å²) in [5.41, 5.74) is 7.07. The van der Waals surface area contributed by atoms with E-state index in [-0.39, 0.29) is 30.5 Å². The summed E-state index contributed by atoms with van der Waals surface area (Å²) in [7, 11) is 0. The van der Waals surface area contributed by atoms with E-state index in [0.29, 0.717) is 11.9 Å². The van der Waals surface area contributed by atoms with E-state index >= 15 is 0 Å². The predicted octanol–water partition coefficient (Wildman–Crippen LogP) is 4.12. The van der Waals surface area contributed by atoms with Gasteiger partial charge in [-0.05, 0) is 42.0 Å². The van der Waals surface area contributed by atoms with Crippen molar-refractivity contribution in [1.82, 2.24) is 0 Å². The van der Waals surface area contributed by atoms with Crippen molar-refractivity contribution in [2.24, 2.45) is 10.7 Å². The summed E-state index contributed by atoms with van der Waals surface area (Å²) in [6.45, 7) is 6.26. The summed E-state index contributed by atoms with van der Waals surface area (Å²) in [5.74, 6) is 0.761. The van der Waals surface area contributed by atoms with E-state index in [1.54, 1.807) is 6.92 Å². The summed E-state index contributed by atoms with van der Waals surface area (Å²) in [4.78, 5) is 5.14. The fourth-order valence-electron chi connectivity index (χ4n) is 2.07. The molecule has 4 N–H and O–H groups in total. The van der Waals surface area contributed by atoms with Crippen molar-refractivity contribution >= 4 is 47.0 Å². The predicted molar refractivity (Wildman–Crippen MR) is 110 cm³/mol. The van der Waals surface area contributed by atoms with Crippen molar-refractivity contribution in [3.8, 4) is 0 Å². The molecule has 0 bridgehead atoms. The van der Waals surface area contributed by atoms with E-state index in [1.165, 1.54) is 16.9 Å². The van der Waals surface area contributed by atoms with Gasteiger partial charge in [-0.3, -0.25) is 0 Å². The summed E-state index contributed by atoms with van der Waals surface area (Å²) in [6.07, 6.45) is 0. The molecule has 0 fully saturated rings. The Kier molecular flexibility index (Phi) is 7.50. The lowest BCUT2D eigenvalue weighted by molar-refractivity contribution is 0.0713. The molecule has 4 nitrogen and oxygen atoms in total. The van der Waals surface area contributed by atoms with Gasteiger partial charge in [-0.25, -0.2) is 4.99 Å². The van der Waals surface area contributed by atoms with Gasteiger partial charge in [-0.2, -0.15) is 0 Å². The normalized spacial score (nSPS) is 14.2. The van der Waals surface area contributed by atoms with Gasteiger partial charge in [0.05, 0.1) is 6.54 Å². The molecular formula is C17H24IN3OS. The maximum atomic E-state index is 10.4. The van der Waals surface area contributed by atoms with Crippen LogP contribution in [-0.2, 0) is 5.60 Å². The lowest BCUT2D eigenvalue weighted by atomic mass is 10.0. The Morgan fingerprint density at radius 2 is 2.09 bits per heavy atom. The van der Waals surface area contributed by atoms with Crippen molar-refractivity contribution < 1.29 is 5.11 Å². The lowest BCUT2D eigenvalue weighted by Gasteiger charge is -2.19. The summed E-state index contributed by atoms with van der Waals surface area (Å²) >= 11 is 1.51. The van der Waals surface area contributed by atoms with E-state index in [0.717, 1.165) is 10.6 Å². The number of hydrogen-bond donors (Lipinski definition) is 3. The molecule has 1 atom stereocenters. The first-order valence-electron chi connectivity index (χ1n) is 7.32. The molecule has 0 aliphatic carbocycles. The third kappa shape index (κ3) is 5.78. The van der Waals surface area contributed by atoms with Crippen LogP contribution in [0.4, 0.5) is 5.69 Å². The average Bonchev–Trinajstić information content (AvgIpc) is 3.00.